The molecule has 3 heterocycles. The van der Waals surface area contributed by atoms with Gasteiger partial charge in [-0.15, -0.1) is 0 Å². The minimum atomic E-state index is -0.573. The zero-order chi connectivity index (χ0) is 18.0. The number of hydrogen-bond donors (Lipinski definition) is 1. The van der Waals surface area contributed by atoms with Crippen molar-refractivity contribution in [2.75, 3.05) is 0 Å². The number of nitrogens with zero attached hydrogens (tertiary/aromatic N) is 6. The van der Waals surface area contributed by atoms with Crippen molar-refractivity contribution in [1.29, 1.82) is 0 Å². The Morgan fingerprint density at radius 2 is 2.32 bits per heavy atom. The van der Waals surface area contributed by atoms with Gasteiger partial charge in [-0.05, 0) is 13.8 Å². The summed E-state index contributed by atoms with van der Waals surface area (Å²) in [5.74, 6) is -0.664. The Labute approximate surface area is 142 Å². The first-order chi connectivity index (χ1) is 12.0. The van der Waals surface area contributed by atoms with Crippen LogP contribution in [-0.4, -0.2) is 36.8 Å². The topological polar surface area (TPSA) is 103 Å². The van der Waals surface area contributed by atoms with Gasteiger partial charge in [0.05, 0.1) is 29.2 Å². The average Bonchev–Trinajstić information content (AvgIpc) is 3.27. The van der Waals surface area contributed by atoms with E-state index in [1.807, 2.05) is 6.92 Å². The van der Waals surface area contributed by atoms with Crippen molar-refractivity contribution < 1.29 is 13.7 Å². The van der Waals surface area contributed by atoms with Gasteiger partial charge in [-0.25, -0.2) is 10.1 Å². The number of amides is 1. The third-order valence-corrected chi connectivity index (χ3v) is 3.49. The van der Waals surface area contributed by atoms with Crippen molar-refractivity contribution in [3.05, 3.63) is 41.4 Å². The molecule has 0 radical (unpaired) electrons. The molecule has 0 aliphatic rings. The summed E-state index contributed by atoms with van der Waals surface area (Å²) >= 11 is 0. The van der Waals surface area contributed by atoms with Crippen molar-refractivity contribution in [1.82, 2.24) is 30.1 Å². The molecule has 1 amide bonds. The molecule has 0 aliphatic carbocycles. The van der Waals surface area contributed by atoms with Gasteiger partial charge in [-0.2, -0.15) is 19.7 Å². The molecular weight excluding hydrogens is 329 g/mol. The molecule has 9 nitrogen and oxygen atoms in total. The molecule has 0 bridgehead atoms. The highest BCUT2D eigenvalue weighted by molar-refractivity contribution is 5.93. The Bertz CT molecular complexity index is 938. The van der Waals surface area contributed by atoms with Gasteiger partial charge in [-0.1, -0.05) is 5.16 Å². The number of carbonyl (C=O) groups is 1. The highest BCUT2D eigenvalue weighted by atomic mass is 19.1. The van der Waals surface area contributed by atoms with E-state index in [1.165, 1.54) is 23.2 Å². The molecule has 130 valence electrons. The maximum absolute atomic E-state index is 13.8. The molecule has 0 fully saturated rings. The smallest absolute Gasteiger partial charge is 0.293 e. The van der Waals surface area contributed by atoms with E-state index in [9.17, 15) is 9.18 Å². The lowest BCUT2D eigenvalue weighted by Crippen LogP contribution is -2.17. The fourth-order valence-electron chi connectivity index (χ4n) is 2.26. The summed E-state index contributed by atoms with van der Waals surface area (Å²) in [7, 11) is 1.79. The van der Waals surface area contributed by atoms with Crippen LogP contribution in [0.2, 0.25) is 0 Å². The Morgan fingerprint density at radius 3 is 2.96 bits per heavy atom. The molecule has 0 aliphatic heterocycles. The highest BCUT2D eigenvalue weighted by Gasteiger charge is 2.16. The van der Waals surface area contributed by atoms with Crippen LogP contribution < -0.4 is 5.43 Å². The molecular formula is C15H16FN7O2. The highest BCUT2D eigenvalue weighted by Crippen LogP contribution is 2.22. The van der Waals surface area contributed by atoms with E-state index in [4.69, 9.17) is 4.52 Å². The van der Waals surface area contributed by atoms with E-state index in [2.05, 4.69) is 25.9 Å². The Hall–Kier alpha value is -3.30. The summed E-state index contributed by atoms with van der Waals surface area (Å²) in [4.78, 5) is 12.0. The molecule has 0 saturated heterocycles. The summed E-state index contributed by atoms with van der Waals surface area (Å²) < 4.78 is 21.8. The van der Waals surface area contributed by atoms with Gasteiger partial charge in [-0.3, -0.25) is 9.48 Å². The number of rotatable bonds is 5. The molecule has 0 unspecified atom stereocenters. The normalized spacial score (nSPS) is 11.4. The van der Waals surface area contributed by atoms with Crippen LogP contribution in [0.1, 0.15) is 28.7 Å². The van der Waals surface area contributed by atoms with Crippen molar-refractivity contribution in [2.45, 2.75) is 20.4 Å². The minimum absolute atomic E-state index is 0.0557. The minimum Gasteiger partial charge on any atom is -0.355 e. The zero-order valence-electron chi connectivity index (χ0n) is 13.9. The monoisotopic (exact) mass is 345 g/mol. The first kappa shape index (κ1) is 16.6. The number of hydrogen-bond acceptors (Lipinski definition) is 6. The quantitative estimate of drug-likeness (QED) is 0.557. The second-order valence-electron chi connectivity index (χ2n) is 5.28. The maximum atomic E-state index is 13.8. The second-order valence-corrected chi connectivity index (χ2v) is 5.28. The Morgan fingerprint density at radius 1 is 1.52 bits per heavy atom. The van der Waals surface area contributed by atoms with Crippen LogP contribution >= 0.6 is 0 Å². The van der Waals surface area contributed by atoms with Crippen molar-refractivity contribution in [3.63, 3.8) is 0 Å². The number of halogens is 1. The van der Waals surface area contributed by atoms with E-state index < -0.39 is 11.9 Å². The van der Waals surface area contributed by atoms with Gasteiger partial charge in [0.25, 0.3) is 5.91 Å². The summed E-state index contributed by atoms with van der Waals surface area (Å²) in [5, 5.41) is 15.5. The molecule has 10 heteroatoms. The van der Waals surface area contributed by atoms with Crippen LogP contribution in [0.15, 0.2) is 28.1 Å². The van der Waals surface area contributed by atoms with Gasteiger partial charge >= 0.3 is 0 Å². The number of aromatic nitrogens is 5. The molecule has 0 spiro atoms. The van der Waals surface area contributed by atoms with E-state index in [0.29, 0.717) is 12.3 Å². The van der Waals surface area contributed by atoms with Gasteiger partial charge < -0.3 is 4.52 Å². The number of aryl methyl sites for hydroxylation is 3. The van der Waals surface area contributed by atoms with Crippen LogP contribution in [-0.2, 0) is 13.6 Å². The molecule has 0 saturated carbocycles. The van der Waals surface area contributed by atoms with Crippen LogP contribution in [0.25, 0.3) is 11.3 Å². The average molecular weight is 345 g/mol. The summed E-state index contributed by atoms with van der Waals surface area (Å²) in [6.45, 7) is 4.00. The maximum Gasteiger partial charge on any atom is 0.293 e. The predicted octanol–water partition coefficient (Wildman–Crippen LogP) is 1.50. The lowest BCUT2D eigenvalue weighted by molar-refractivity contribution is 0.0946. The molecule has 3 rings (SSSR count). The van der Waals surface area contributed by atoms with Crippen LogP contribution in [0.5, 0.6) is 0 Å². The van der Waals surface area contributed by atoms with Crippen LogP contribution in [0.4, 0.5) is 4.39 Å². The van der Waals surface area contributed by atoms with E-state index in [0.717, 1.165) is 11.3 Å². The van der Waals surface area contributed by atoms with E-state index in [-0.39, 0.29) is 11.3 Å². The fraction of sp³-hybridized carbons (Fsp3) is 0.267. The van der Waals surface area contributed by atoms with Gasteiger partial charge in [0.2, 0.25) is 5.95 Å². The SMILES string of the molecule is CCn1ncc(/C=N/NC(=O)c2cc(-c3cn(C)nc3C)on2)c1F. The molecule has 0 aromatic carbocycles. The standard InChI is InChI=1S/C15H16FN7O2/c1-4-23-14(16)10(7-18-23)6-17-19-15(24)12-5-13(25-21-12)11-8-22(3)20-9(11)2/h5-8H,4H2,1-3H3,(H,19,24)/b17-6+. The van der Waals surface area contributed by atoms with Crippen LogP contribution in [0, 0.1) is 12.9 Å². The number of carbonyl (C=O) groups excluding carboxylic acids is 1. The van der Waals surface area contributed by atoms with Crippen LogP contribution in [0.3, 0.4) is 0 Å². The van der Waals surface area contributed by atoms with Gasteiger partial charge in [0.15, 0.2) is 11.5 Å². The zero-order valence-corrected chi connectivity index (χ0v) is 13.9. The fourth-order valence-corrected chi connectivity index (χ4v) is 2.26. The van der Waals surface area contributed by atoms with Crippen molar-refractivity contribution in [3.8, 4) is 11.3 Å². The number of hydrazone groups is 1. The summed E-state index contributed by atoms with van der Waals surface area (Å²) in [5.41, 5.74) is 4.00. The van der Waals surface area contributed by atoms with E-state index in [1.54, 1.807) is 24.9 Å². The Balaban J connectivity index is 1.69. The summed E-state index contributed by atoms with van der Waals surface area (Å²) in [6.07, 6.45) is 4.27. The summed E-state index contributed by atoms with van der Waals surface area (Å²) in [6, 6.07) is 1.49. The predicted molar refractivity (Wildman–Crippen MR) is 86.4 cm³/mol. The van der Waals surface area contributed by atoms with E-state index >= 15 is 0 Å². The van der Waals surface area contributed by atoms with Crippen molar-refractivity contribution >= 4 is 12.1 Å². The number of nitrogens with one attached hydrogen (secondary N) is 1. The lowest BCUT2D eigenvalue weighted by atomic mass is 10.2. The van der Waals surface area contributed by atoms with Gasteiger partial charge in [0, 0.05) is 25.9 Å². The first-order valence-electron chi connectivity index (χ1n) is 7.51. The lowest BCUT2D eigenvalue weighted by Gasteiger charge is -1.95. The van der Waals surface area contributed by atoms with Crippen molar-refractivity contribution in [2.24, 2.45) is 12.1 Å². The molecule has 25 heavy (non-hydrogen) atoms. The third kappa shape index (κ3) is 3.32. The van der Waals surface area contributed by atoms with Gasteiger partial charge in [0.1, 0.15) is 0 Å². The molecule has 1 N–H and O–H groups in total. The molecule has 0 atom stereocenters. The second kappa shape index (κ2) is 6.67. The third-order valence-electron chi connectivity index (χ3n) is 3.49. The Kier molecular flexibility index (Phi) is 4.42. The molecule has 3 aromatic heterocycles. The molecule has 3 aromatic rings. The first-order valence-corrected chi connectivity index (χ1v) is 7.51. The largest absolute Gasteiger partial charge is 0.355 e.